The molecule has 0 aliphatic heterocycles. The van der Waals surface area contributed by atoms with E-state index in [1.165, 1.54) is 41.1 Å². The molecule has 0 spiro atoms. The SMILES string of the molecule is Cn1cc(N)cc1C(=O)Nc1cc(C(=O)Nc2ccc3cc(S(=O)(=O)O)cc(S(=O)(=O)O)c3c2)n(C)c1.[K+]. The van der Waals surface area contributed by atoms with Crippen LogP contribution in [0.2, 0.25) is 0 Å². The van der Waals surface area contributed by atoms with Crippen molar-refractivity contribution in [1.82, 2.24) is 9.13 Å². The predicted molar refractivity (Wildman–Crippen MR) is 135 cm³/mol. The number of anilines is 3. The topological polar surface area (TPSA) is 203 Å². The molecule has 0 unspecified atom stereocenters. The zero-order valence-electron chi connectivity index (χ0n) is 20.3. The number of nitrogens with zero attached hydrogens (tertiary/aromatic N) is 2. The van der Waals surface area contributed by atoms with Crippen molar-refractivity contribution in [3.05, 3.63) is 66.2 Å². The standard InChI is InChI=1S/C22H21N5O8S2.K/c1-26-10-13(23)6-18(26)21(28)25-15-8-19(27(2)11-15)22(29)24-14-4-3-12-5-16(36(30,31)32)9-20(17(12)7-14)37(33,34)35;/h3-11H,23H2,1-2H3,(H,24,29)(H,25,28)(H,30,31,32)(H,33,34,35);/q;+1. The van der Waals surface area contributed by atoms with Crippen molar-refractivity contribution in [3.63, 3.8) is 0 Å². The maximum Gasteiger partial charge on any atom is 1.00 e. The number of nitrogen functional groups attached to an aromatic ring is 1. The van der Waals surface area contributed by atoms with Crippen LogP contribution in [0.15, 0.2) is 64.6 Å². The first-order chi connectivity index (χ1) is 17.1. The smallest absolute Gasteiger partial charge is 0.397 e. The number of carbonyl (C=O) groups is 2. The number of hydrogen-bond donors (Lipinski definition) is 5. The Bertz CT molecular complexity index is 1810. The van der Waals surface area contributed by atoms with E-state index in [2.05, 4.69) is 10.6 Å². The van der Waals surface area contributed by atoms with E-state index in [0.29, 0.717) is 23.1 Å². The number of carbonyl (C=O) groups excluding carboxylic acids is 2. The summed E-state index contributed by atoms with van der Waals surface area (Å²) < 4.78 is 68.7. The monoisotopic (exact) mass is 586 g/mol. The Morgan fingerprint density at radius 2 is 1.37 bits per heavy atom. The molecule has 2 aromatic carbocycles. The molecule has 0 atom stereocenters. The van der Waals surface area contributed by atoms with Gasteiger partial charge in [-0.1, -0.05) is 6.07 Å². The molecule has 2 amide bonds. The van der Waals surface area contributed by atoms with E-state index in [1.807, 2.05) is 0 Å². The summed E-state index contributed by atoms with van der Waals surface area (Å²) in [6.45, 7) is 0. The van der Waals surface area contributed by atoms with Crippen molar-refractivity contribution in [1.29, 1.82) is 0 Å². The van der Waals surface area contributed by atoms with Crippen molar-refractivity contribution < 1.29 is 86.9 Å². The van der Waals surface area contributed by atoms with Gasteiger partial charge in [0.1, 0.15) is 16.3 Å². The van der Waals surface area contributed by atoms with Crippen LogP contribution in [0.5, 0.6) is 0 Å². The minimum atomic E-state index is -4.89. The van der Waals surface area contributed by atoms with Crippen LogP contribution in [-0.2, 0) is 34.3 Å². The van der Waals surface area contributed by atoms with E-state index in [0.717, 1.165) is 6.07 Å². The Morgan fingerprint density at radius 3 is 1.92 bits per heavy atom. The third kappa shape index (κ3) is 6.36. The van der Waals surface area contributed by atoms with Crippen LogP contribution in [-0.4, -0.2) is 46.9 Å². The van der Waals surface area contributed by atoms with E-state index in [-0.39, 0.29) is 73.5 Å². The van der Waals surface area contributed by atoms with Crippen LogP contribution in [0.25, 0.3) is 10.8 Å². The number of nitrogens with two attached hydrogens (primary N) is 1. The molecular weight excluding hydrogens is 566 g/mol. The molecule has 0 aliphatic carbocycles. The molecule has 0 aliphatic rings. The maximum absolute atomic E-state index is 12.9. The van der Waals surface area contributed by atoms with Crippen LogP contribution < -0.4 is 67.8 Å². The minimum absolute atomic E-state index is 0. The summed E-state index contributed by atoms with van der Waals surface area (Å²) in [5.41, 5.74) is 7.06. The summed E-state index contributed by atoms with van der Waals surface area (Å²) in [7, 11) is -6.40. The van der Waals surface area contributed by atoms with Crippen molar-refractivity contribution in [3.8, 4) is 0 Å². The maximum atomic E-state index is 12.9. The van der Waals surface area contributed by atoms with Gasteiger partial charge in [-0.2, -0.15) is 16.8 Å². The second-order valence-corrected chi connectivity index (χ2v) is 11.0. The zero-order chi connectivity index (χ0) is 27.3. The molecule has 4 aromatic rings. The second kappa shape index (κ2) is 10.9. The van der Waals surface area contributed by atoms with Gasteiger partial charge in [0.2, 0.25) is 0 Å². The van der Waals surface area contributed by atoms with Gasteiger partial charge >= 0.3 is 51.4 Å². The first kappa shape index (κ1) is 30.0. The molecule has 194 valence electrons. The number of nitrogens with one attached hydrogen (secondary N) is 2. The van der Waals surface area contributed by atoms with Crippen molar-refractivity contribution in [2.45, 2.75) is 9.79 Å². The molecule has 4 rings (SSSR count). The third-order valence-corrected chi connectivity index (χ3v) is 7.20. The van der Waals surface area contributed by atoms with Gasteiger partial charge in [-0.15, -0.1) is 0 Å². The van der Waals surface area contributed by atoms with Crippen molar-refractivity contribution in [2.75, 3.05) is 16.4 Å². The summed E-state index contributed by atoms with van der Waals surface area (Å²) in [6.07, 6.45) is 3.10. The third-order valence-electron chi connectivity index (χ3n) is 5.48. The second-order valence-electron chi connectivity index (χ2n) is 8.21. The zero-order valence-corrected chi connectivity index (χ0v) is 25.1. The molecule has 13 nitrogen and oxygen atoms in total. The van der Waals surface area contributed by atoms with Gasteiger partial charge in [-0.3, -0.25) is 18.7 Å². The van der Waals surface area contributed by atoms with Crippen LogP contribution in [0, 0.1) is 0 Å². The van der Waals surface area contributed by atoms with Gasteiger partial charge in [0.15, 0.2) is 0 Å². The van der Waals surface area contributed by atoms with Crippen LogP contribution in [0.3, 0.4) is 0 Å². The molecular formula is C22H21KN5O8S2+. The van der Waals surface area contributed by atoms with Gasteiger partial charge < -0.3 is 25.5 Å². The van der Waals surface area contributed by atoms with Gasteiger partial charge in [-0.05, 0) is 41.8 Å². The molecule has 0 radical (unpaired) electrons. The van der Waals surface area contributed by atoms with E-state index < -0.39 is 41.8 Å². The quantitative estimate of drug-likeness (QED) is 0.140. The Morgan fingerprint density at radius 1 is 0.789 bits per heavy atom. The van der Waals surface area contributed by atoms with E-state index in [9.17, 15) is 35.5 Å². The number of rotatable bonds is 6. The molecule has 16 heteroatoms. The number of fused-ring (bicyclic) bond motifs is 1. The molecule has 2 aromatic heterocycles. The number of amides is 2. The average molecular weight is 587 g/mol. The molecule has 0 fully saturated rings. The summed E-state index contributed by atoms with van der Waals surface area (Å²) in [5, 5.41) is 5.25. The predicted octanol–water partition coefficient (Wildman–Crippen LogP) is -0.899. The van der Waals surface area contributed by atoms with Gasteiger partial charge in [0.05, 0.1) is 16.3 Å². The fourth-order valence-corrected chi connectivity index (χ4v) is 5.15. The largest absolute Gasteiger partial charge is 1.00 e. The Kier molecular flexibility index (Phi) is 8.61. The van der Waals surface area contributed by atoms with Gasteiger partial charge in [-0.25, -0.2) is 0 Å². The molecule has 2 heterocycles. The Balaban J connectivity index is 0.00000400. The van der Waals surface area contributed by atoms with E-state index >= 15 is 0 Å². The fraction of sp³-hybridized carbons (Fsp3) is 0.0909. The number of benzene rings is 2. The van der Waals surface area contributed by atoms with Crippen LogP contribution >= 0.6 is 0 Å². The van der Waals surface area contributed by atoms with Gasteiger partial charge in [0.25, 0.3) is 32.1 Å². The minimum Gasteiger partial charge on any atom is -0.397 e. The van der Waals surface area contributed by atoms with E-state index in [4.69, 9.17) is 5.73 Å². The van der Waals surface area contributed by atoms with E-state index in [1.54, 1.807) is 24.9 Å². The van der Waals surface area contributed by atoms with Crippen molar-refractivity contribution in [2.24, 2.45) is 14.1 Å². The first-order valence-electron chi connectivity index (χ1n) is 10.4. The summed E-state index contributed by atoms with van der Waals surface area (Å²) in [4.78, 5) is 24.0. The number of hydrogen-bond acceptors (Lipinski definition) is 7. The molecule has 0 saturated carbocycles. The first-order valence-corrected chi connectivity index (χ1v) is 13.2. The molecule has 0 saturated heterocycles. The average Bonchev–Trinajstić information content (AvgIpc) is 3.32. The molecule has 38 heavy (non-hydrogen) atoms. The Labute approximate surface area is 259 Å². The fourth-order valence-electron chi connectivity index (χ4n) is 3.80. The van der Waals surface area contributed by atoms with Crippen LogP contribution in [0.4, 0.5) is 17.1 Å². The molecule has 0 bridgehead atoms. The summed E-state index contributed by atoms with van der Waals surface area (Å²) >= 11 is 0. The number of aryl methyl sites for hydroxylation is 2. The normalized spacial score (nSPS) is 11.7. The molecule has 6 N–H and O–H groups in total. The van der Waals surface area contributed by atoms with Crippen LogP contribution in [0.1, 0.15) is 21.0 Å². The number of aromatic nitrogens is 2. The summed E-state index contributed by atoms with van der Waals surface area (Å²) in [6, 6.07) is 8.51. The van der Waals surface area contributed by atoms with Crippen molar-refractivity contribution >= 4 is 59.9 Å². The summed E-state index contributed by atoms with van der Waals surface area (Å²) in [5.74, 6) is -1.04. The Hall–Kier alpha value is -2.54. The van der Waals surface area contributed by atoms with Gasteiger partial charge in [0, 0.05) is 37.6 Å².